The molecule has 0 aliphatic heterocycles. The van der Waals surface area contributed by atoms with Crippen molar-refractivity contribution in [1.82, 2.24) is 0 Å². The van der Waals surface area contributed by atoms with Crippen molar-refractivity contribution in [3.8, 4) is 0 Å². The maximum absolute atomic E-state index is 12.5. The van der Waals surface area contributed by atoms with Gasteiger partial charge in [0.1, 0.15) is 0 Å². The van der Waals surface area contributed by atoms with Crippen LogP contribution < -0.4 is 5.73 Å². The summed E-state index contributed by atoms with van der Waals surface area (Å²) in [6.45, 7) is 3.26. The molecule has 1 rings (SSSR count). The van der Waals surface area contributed by atoms with E-state index in [9.17, 15) is 13.2 Å². The van der Waals surface area contributed by atoms with E-state index in [2.05, 4.69) is 0 Å². The molecule has 0 spiro atoms. The second-order valence-corrected chi connectivity index (χ2v) is 4.56. The zero-order valence-electron chi connectivity index (χ0n) is 11.0. The van der Waals surface area contributed by atoms with E-state index in [1.165, 1.54) is 6.07 Å². The molecular weight excluding hydrogens is 255 g/mol. The summed E-state index contributed by atoms with van der Waals surface area (Å²) in [5.74, 6) is 0. The van der Waals surface area contributed by atoms with Crippen LogP contribution in [0.2, 0.25) is 0 Å². The van der Waals surface area contributed by atoms with Crippen LogP contribution >= 0.6 is 0 Å². The molecule has 1 aromatic carbocycles. The van der Waals surface area contributed by atoms with Crippen molar-refractivity contribution in [2.24, 2.45) is 5.73 Å². The number of hydrogen-bond donors (Lipinski definition) is 1. The van der Waals surface area contributed by atoms with E-state index in [0.29, 0.717) is 31.6 Å². The van der Waals surface area contributed by atoms with E-state index < -0.39 is 11.7 Å². The summed E-state index contributed by atoms with van der Waals surface area (Å²) in [6, 6.07) is 5.13. The fraction of sp³-hybridized carbons (Fsp3) is 0.571. The Morgan fingerprint density at radius 1 is 1.26 bits per heavy atom. The molecule has 0 aromatic heterocycles. The third kappa shape index (κ3) is 6.07. The topological polar surface area (TPSA) is 35.2 Å². The number of rotatable bonds is 7. The molecule has 0 amide bonds. The van der Waals surface area contributed by atoms with Crippen molar-refractivity contribution in [3.05, 3.63) is 35.4 Å². The highest BCUT2D eigenvalue weighted by atomic mass is 19.4. The standard InChI is InChI=1S/C14H20F3NO/c1-2-7-19-8-6-13(18)10-11-4-3-5-12(9-11)14(15,16)17/h3-5,9,13H,2,6-8,10,18H2,1H3. The van der Waals surface area contributed by atoms with Crippen molar-refractivity contribution < 1.29 is 17.9 Å². The Morgan fingerprint density at radius 2 is 2.00 bits per heavy atom. The van der Waals surface area contributed by atoms with Gasteiger partial charge in [-0.15, -0.1) is 0 Å². The number of hydrogen-bond acceptors (Lipinski definition) is 2. The van der Waals surface area contributed by atoms with Gasteiger partial charge in [-0.2, -0.15) is 13.2 Å². The molecule has 0 aliphatic carbocycles. The molecule has 0 fully saturated rings. The lowest BCUT2D eigenvalue weighted by Gasteiger charge is -2.13. The summed E-state index contributed by atoms with van der Waals surface area (Å²) in [4.78, 5) is 0. The Morgan fingerprint density at radius 3 is 2.63 bits per heavy atom. The smallest absolute Gasteiger partial charge is 0.381 e. The van der Waals surface area contributed by atoms with E-state index in [1.807, 2.05) is 6.92 Å². The van der Waals surface area contributed by atoms with Crippen molar-refractivity contribution in [2.75, 3.05) is 13.2 Å². The maximum atomic E-state index is 12.5. The van der Waals surface area contributed by atoms with Gasteiger partial charge in [0.15, 0.2) is 0 Å². The number of ether oxygens (including phenoxy) is 1. The average Bonchev–Trinajstić information content (AvgIpc) is 2.34. The van der Waals surface area contributed by atoms with Gasteiger partial charge in [0.2, 0.25) is 0 Å². The van der Waals surface area contributed by atoms with Crippen LogP contribution in [-0.2, 0) is 17.3 Å². The molecule has 0 aliphatic rings. The summed E-state index contributed by atoms with van der Waals surface area (Å²) < 4.78 is 42.9. The van der Waals surface area contributed by atoms with Gasteiger partial charge in [-0.1, -0.05) is 25.1 Å². The van der Waals surface area contributed by atoms with E-state index >= 15 is 0 Å². The molecule has 2 nitrogen and oxygen atoms in total. The first-order valence-corrected chi connectivity index (χ1v) is 6.43. The molecule has 2 N–H and O–H groups in total. The zero-order chi connectivity index (χ0) is 14.3. The van der Waals surface area contributed by atoms with Gasteiger partial charge in [-0.05, 0) is 30.9 Å². The van der Waals surface area contributed by atoms with Crippen molar-refractivity contribution in [3.63, 3.8) is 0 Å². The highest BCUT2D eigenvalue weighted by molar-refractivity contribution is 5.26. The fourth-order valence-electron chi connectivity index (χ4n) is 1.76. The van der Waals surface area contributed by atoms with Crippen LogP contribution in [0, 0.1) is 0 Å². The Labute approximate surface area is 111 Å². The van der Waals surface area contributed by atoms with Crippen LogP contribution in [0.3, 0.4) is 0 Å². The van der Waals surface area contributed by atoms with Crippen LogP contribution in [0.4, 0.5) is 13.2 Å². The summed E-state index contributed by atoms with van der Waals surface area (Å²) >= 11 is 0. The van der Waals surface area contributed by atoms with E-state index in [-0.39, 0.29) is 6.04 Å². The highest BCUT2D eigenvalue weighted by Crippen LogP contribution is 2.29. The summed E-state index contributed by atoms with van der Waals surface area (Å²) in [6.07, 6.45) is -2.27. The lowest BCUT2D eigenvalue weighted by atomic mass is 10.0. The van der Waals surface area contributed by atoms with Gasteiger partial charge in [0, 0.05) is 19.3 Å². The van der Waals surface area contributed by atoms with E-state index in [4.69, 9.17) is 10.5 Å². The highest BCUT2D eigenvalue weighted by Gasteiger charge is 2.30. The van der Waals surface area contributed by atoms with Gasteiger partial charge >= 0.3 is 6.18 Å². The molecular formula is C14H20F3NO. The molecule has 0 bridgehead atoms. The zero-order valence-corrected chi connectivity index (χ0v) is 11.0. The van der Waals surface area contributed by atoms with Crippen LogP contribution in [0.1, 0.15) is 30.9 Å². The molecule has 1 atom stereocenters. The normalized spacial score (nSPS) is 13.5. The predicted octanol–water partition coefficient (Wildman–Crippen LogP) is 3.39. The summed E-state index contributed by atoms with van der Waals surface area (Å²) in [5, 5.41) is 0. The lowest BCUT2D eigenvalue weighted by Crippen LogP contribution is -2.25. The molecule has 1 unspecified atom stereocenters. The minimum atomic E-state index is -4.30. The third-order valence-corrected chi connectivity index (χ3v) is 2.73. The van der Waals surface area contributed by atoms with Crippen molar-refractivity contribution >= 4 is 0 Å². The minimum Gasteiger partial charge on any atom is -0.381 e. The lowest BCUT2D eigenvalue weighted by molar-refractivity contribution is -0.137. The Hall–Kier alpha value is -1.07. The molecule has 0 saturated heterocycles. The first-order valence-electron chi connectivity index (χ1n) is 6.43. The maximum Gasteiger partial charge on any atom is 0.416 e. The van der Waals surface area contributed by atoms with Gasteiger partial charge in [0.25, 0.3) is 0 Å². The summed E-state index contributed by atoms with van der Waals surface area (Å²) in [7, 11) is 0. The Balaban J connectivity index is 2.48. The van der Waals surface area contributed by atoms with Crippen molar-refractivity contribution in [2.45, 2.75) is 38.4 Å². The monoisotopic (exact) mass is 275 g/mol. The molecule has 1 aromatic rings. The van der Waals surface area contributed by atoms with E-state index in [1.54, 1.807) is 6.07 Å². The first kappa shape index (κ1) is 16.0. The summed E-state index contributed by atoms with van der Waals surface area (Å²) in [5.41, 5.74) is 5.87. The predicted molar refractivity (Wildman–Crippen MR) is 68.9 cm³/mol. The largest absolute Gasteiger partial charge is 0.416 e. The second kappa shape index (κ2) is 7.50. The fourth-order valence-corrected chi connectivity index (χ4v) is 1.76. The Kier molecular flexibility index (Phi) is 6.31. The molecule has 19 heavy (non-hydrogen) atoms. The van der Waals surface area contributed by atoms with Crippen molar-refractivity contribution in [1.29, 1.82) is 0 Å². The third-order valence-electron chi connectivity index (χ3n) is 2.73. The average molecular weight is 275 g/mol. The van der Waals surface area contributed by atoms with Gasteiger partial charge < -0.3 is 10.5 Å². The van der Waals surface area contributed by atoms with Crippen LogP contribution in [0.25, 0.3) is 0 Å². The molecule has 0 heterocycles. The minimum absolute atomic E-state index is 0.180. The number of alkyl halides is 3. The van der Waals surface area contributed by atoms with Crippen LogP contribution in [0.15, 0.2) is 24.3 Å². The second-order valence-electron chi connectivity index (χ2n) is 4.56. The molecule has 5 heteroatoms. The Bertz CT molecular complexity index is 379. The molecule has 0 saturated carbocycles. The van der Waals surface area contributed by atoms with Gasteiger partial charge in [0.05, 0.1) is 5.56 Å². The van der Waals surface area contributed by atoms with Gasteiger partial charge in [-0.25, -0.2) is 0 Å². The van der Waals surface area contributed by atoms with Gasteiger partial charge in [-0.3, -0.25) is 0 Å². The molecule has 108 valence electrons. The quantitative estimate of drug-likeness (QED) is 0.774. The SMILES string of the molecule is CCCOCCC(N)Cc1cccc(C(F)(F)F)c1. The number of halogens is 3. The number of benzene rings is 1. The number of nitrogens with two attached hydrogens (primary N) is 1. The molecule has 0 radical (unpaired) electrons. The van der Waals surface area contributed by atoms with E-state index in [0.717, 1.165) is 18.6 Å². The van der Waals surface area contributed by atoms with Crippen LogP contribution in [0.5, 0.6) is 0 Å². The first-order chi connectivity index (χ1) is 8.93. The van der Waals surface area contributed by atoms with Crippen LogP contribution in [-0.4, -0.2) is 19.3 Å².